The number of hydrogen-bond donors (Lipinski definition) is 0. The molecular weight excluding hydrogens is 440 g/mol. The number of rotatable bonds is 5. The highest BCUT2D eigenvalue weighted by Crippen LogP contribution is 2.47. The fourth-order valence-electron chi connectivity index (χ4n) is 5.04. The van der Waals surface area contributed by atoms with Gasteiger partial charge in [0.25, 0.3) is 0 Å². The van der Waals surface area contributed by atoms with E-state index in [2.05, 4.69) is 0 Å². The Morgan fingerprint density at radius 2 is 1.73 bits per heavy atom. The van der Waals surface area contributed by atoms with E-state index in [4.69, 9.17) is 16.3 Å². The summed E-state index contributed by atoms with van der Waals surface area (Å²) in [6.07, 6.45) is 3.76. The second kappa shape index (κ2) is 8.37. The number of benzene rings is 3. The molecule has 1 fully saturated rings. The summed E-state index contributed by atoms with van der Waals surface area (Å²) in [6, 6.07) is 19.2. The van der Waals surface area contributed by atoms with Crippen LogP contribution in [0.25, 0.3) is 6.08 Å². The molecule has 0 amide bonds. The number of halogens is 1. The fraction of sp³-hybridized carbons (Fsp3) is 0.192. The summed E-state index contributed by atoms with van der Waals surface area (Å²) in [7, 11) is 1.57. The van der Waals surface area contributed by atoms with Crippen molar-refractivity contribution in [2.24, 2.45) is 0 Å². The number of methoxy groups -OCH3 is 1. The molecule has 0 unspecified atom stereocenters. The molecule has 3 aromatic carbocycles. The second-order valence-electron chi connectivity index (χ2n) is 8.21. The molecule has 7 heteroatoms. The Morgan fingerprint density at radius 1 is 1.03 bits per heavy atom. The van der Waals surface area contributed by atoms with Crippen LogP contribution < -0.4 is 9.64 Å². The predicted molar refractivity (Wildman–Crippen MR) is 128 cm³/mol. The van der Waals surface area contributed by atoms with Crippen LogP contribution in [0.1, 0.15) is 27.4 Å². The van der Waals surface area contributed by atoms with E-state index < -0.39 is 24.0 Å². The summed E-state index contributed by atoms with van der Waals surface area (Å²) in [5.41, 5.74) is 2.95. The number of ether oxygens (including phenoxy) is 1. The normalized spacial score (nSPS) is 23.0. The largest absolute Gasteiger partial charge is 0.497 e. The molecule has 0 bridgehead atoms. The third-order valence-corrected chi connectivity index (χ3v) is 6.76. The lowest BCUT2D eigenvalue weighted by Gasteiger charge is -2.34. The second-order valence-corrected chi connectivity index (χ2v) is 8.64. The maximum Gasteiger partial charge on any atom is 0.245 e. The van der Waals surface area contributed by atoms with E-state index in [1.807, 2.05) is 53.5 Å². The number of para-hydroxylation sites is 1. The van der Waals surface area contributed by atoms with Crippen molar-refractivity contribution in [2.75, 3.05) is 12.0 Å². The minimum Gasteiger partial charge on any atom is -0.497 e. The van der Waals surface area contributed by atoms with Crippen LogP contribution in [0.3, 0.4) is 0 Å². The van der Waals surface area contributed by atoms with Crippen molar-refractivity contribution in [2.45, 2.75) is 24.0 Å². The smallest absolute Gasteiger partial charge is 0.245 e. The highest BCUT2D eigenvalue weighted by molar-refractivity contribution is 6.30. The van der Waals surface area contributed by atoms with Gasteiger partial charge in [-0.2, -0.15) is 0 Å². The van der Waals surface area contributed by atoms with Gasteiger partial charge in [-0.1, -0.05) is 54.1 Å². The molecule has 0 aromatic heterocycles. The summed E-state index contributed by atoms with van der Waals surface area (Å²) in [6.45, 7) is 0. The summed E-state index contributed by atoms with van der Waals surface area (Å²) in [5, 5.41) is 12.9. The standard InChI is InChI=1S/C26H21ClN2O4/c1-33-20-13-8-17(9-14-20)23-24(29(31)32)22-15-10-16-4-2-3-5-21(16)28(22)25(23)26(30)18-6-11-19(27)12-7-18/h2-15,22-25H,1H3/t22-,23-,24+,25-/m1/s1. The number of carbonyl (C=O) groups excluding carboxylic acids is 1. The Labute approximate surface area is 196 Å². The Hall–Kier alpha value is -3.64. The lowest BCUT2D eigenvalue weighted by atomic mass is 9.83. The number of carbonyl (C=O) groups is 1. The number of ketones is 1. The SMILES string of the molecule is COc1ccc([C@@H]2[C@@H]([N+](=O)[O-])[C@H]3C=Cc4ccccc4N3[C@H]2C(=O)c2ccc(Cl)cc2)cc1. The molecule has 1 saturated heterocycles. The molecule has 4 atom stereocenters. The van der Waals surface area contributed by atoms with Gasteiger partial charge < -0.3 is 9.64 Å². The number of nitro groups is 1. The summed E-state index contributed by atoms with van der Waals surface area (Å²) in [5.74, 6) is -0.181. The molecule has 0 spiro atoms. The molecule has 0 N–H and O–H groups in total. The van der Waals surface area contributed by atoms with Gasteiger partial charge in [-0.3, -0.25) is 14.9 Å². The molecule has 3 aromatic rings. The van der Waals surface area contributed by atoms with Gasteiger partial charge in [-0.25, -0.2) is 0 Å². The predicted octanol–water partition coefficient (Wildman–Crippen LogP) is 5.24. The maximum absolute atomic E-state index is 13.9. The molecule has 2 aliphatic rings. The van der Waals surface area contributed by atoms with Crippen LogP contribution >= 0.6 is 11.6 Å². The number of hydrogen-bond acceptors (Lipinski definition) is 5. The zero-order valence-electron chi connectivity index (χ0n) is 17.8. The van der Waals surface area contributed by atoms with Crippen molar-refractivity contribution in [3.8, 4) is 5.75 Å². The zero-order chi connectivity index (χ0) is 23.1. The number of nitrogens with zero attached hydrogens (tertiary/aromatic N) is 2. The van der Waals surface area contributed by atoms with Crippen LogP contribution in [0, 0.1) is 10.1 Å². The lowest BCUT2D eigenvalue weighted by molar-refractivity contribution is -0.524. The van der Waals surface area contributed by atoms with E-state index >= 15 is 0 Å². The van der Waals surface area contributed by atoms with Crippen molar-refractivity contribution in [3.63, 3.8) is 0 Å². The first-order chi connectivity index (χ1) is 16.0. The van der Waals surface area contributed by atoms with E-state index in [1.165, 1.54) is 0 Å². The summed E-state index contributed by atoms with van der Waals surface area (Å²) in [4.78, 5) is 28.0. The number of fused-ring (bicyclic) bond motifs is 3. The highest BCUT2D eigenvalue weighted by atomic mass is 35.5. The van der Waals surface area contributed by atoms with Gasteiger partial charge in [-0.15, -0.1) is 0 Å². The molecule has 0 aliphatic carbocycles. The van der Waals surface area contributed by atoms with Crippen LogP contribution in [0.15, 0.2) is 78.9 Å². The van der Waals surface area contributed by atoms with Gasteiger partial charge in [0, 0.05) is 21.2 Å². The molecule has 166 valence electrons. The molecule has 6 nitrogen and oxygen atoms in total. The minimum absolute atomic E-state index is 0.174. The number of anilines is 1. The topological polar surface area (TPSA) is 72.7 Å². The third-order valence-electron chi connectivity index (χ3n) is 6.51. The van der Waals surface area contributed by atoms with Crippen molar-refractivity contribution in [3.05, 3.63) is 111 Å². The molecule has 33 heavy (non-hydrogen) atoms. The Balaban J connectivity index is 1.70. The summed E-state index contributed by atoms with van der Waals surface area (Å²) < 4.78 is 5.27. The van der Waals surface area contributed by atoms with Crippen LogP contribution in [-0.4, -0.2) is 35.9 Å². The molecule has 2 aliphatic heterocycles. The average Bonchev–Trinajstić information content (AvgIpc) is 3.20. The highest BCUT2D eigenvalue weighted by Gasteiger charge is 2.58. The van der Waals surface area contributed by atoms with Gasteiger partial charge in [0.1, 0.15) is 17.8 Å². The Morgan fingerprint density at radius 3 is 2.39 bits per heavy atom. The van der Waals surface area contributed by atoms with Crippen molar-refractivity contribution < 1.29 is 14.5 Å². The number of Topliss-reactive ketones (excluding diaryl/α,β-unsaturated/α-hetero) is 1. The van der Waals surface area contributed by atoms with Crippen molar-refractivity contribution >= 4 is 29.1 Å². The first-order valence-electron chi connectivity index (χ1n) is 10.6. The van der Waals surface area contributed by atoms with Crippen LogP contribution in [0.5, 0.6) is 5.75 Å². The van der Waals surface area contributed by atoms with Gasteiger partial charge in [-0.05, 0) is 53.6 Å². The van der Waals surface area contributed by atoms with Crippen molar-refractivity contribution in [1.82, 2.24) is 0 Å². The van der Waals surface area contributed by atoms with E-state index in [0.29, 0.717) is 16.3 Å². The first-order valence-corrected chi connectivity index (χ1v) is 11.0. The first kappa shape index (κ1) is 21.2. The van der Waals surface area contributed by atoms with Crippen LogP contribution in [-0.2, 0) is 0 Å². The maximum atomic E-state index is 13.9. The minimum atomic E-state index is -0.996. The van der Waals surface area contributed by atoms with Crippen LogP contribution in [0.2, 0.25) is 5.02 Å². The van der Waals surface area contributed by atoms with Gasteiger partial charge in [0.05, 0.1) is 13.0 Å². The average molecular weight is 461 g/mol. The zero-order valence-corrected chi connectivity index (χ0v) is 18.6. The van der Waals surface area contributed by atoms with Gasteiger partial charge in [0.2, 0.25) is 6.04 Å². The molecule has 0 saturated carbocycles. The van der Waals surface area contributed by atoms with Crippen LogP contribution in [0.4, 0.5) is 5.69 Å². The van der Waals surface area contributed by atoms with Crippen molar-refractivity contribution in [1.29, 1.82) is 0 Å². The van der Waals surface area contributed by atoms with E-state index in [0.717, 1.165) is 16.8 Å². The summed E-state index contributed by atoms with van der Waals surface area (Å²) >= 11 is 6.04. The third kappa shape index (κ3) is 3.56. The molecular formula is C26H21ClN2O4. The molecule has 0 radical (unpaired) electrons. The Kier molecular flexibility index (Phi) is 5.38. The molecule has 5 rings (SSSR count). The van der Waals surface area contributed by atoms with E-state index in [9.17, 15) is 14.9 Å². The van der Waals surface area contributed by atoms with Gasteiger partial charge in [0.15, 0.2) is 5.78 Å². The van der Waals surface area contributed by atoms with E-state index in [-0.39, 0.29) is 10.7 Å². The lowest BCUT2D eigenvalue weighted by Crippen LogP contribution is -2.44. The monoisotopic (exact) mass is 460 g/mol. The fourth-order valence-corrected chi connectivity index (χ4v) is 5.17. The van der Waals surface area contributed by atoms with E-state index in [1.54, 1.807) is 43.5 Å². The quantitative estimate of drug-likeness (QED) is 0.295. The molecule has 2 heterocycles. The van der Waals surface area contributed by atoms with Gasteiger partial charge >= 0.3 is 0 Å². The Bertz CT molecular complexity index is 1240.